The zero-order valence-electron chi connectivity index (χ0n) is 18.2. The molecule has 7 nitrogen and oxygen atoms in total. The summed E-state index contributed by atoms with van der Waals surface area (Å²) in [7, 11) is 0. The number of aromatic nitrogens is 3. The van der Waals surface area contributed by atoms with Gasteiger partial charge in [-0.05, 0) is 56.8 Å². The average molecular weight is 410 g/mol. The number of guanidine groups is 1. The first-order valence-electron chi connectivity index (χ1n) is 11.5. The number of hydrogen-bond donors (Lipinski definition) is 2. The fourth-order valence-corrected chi connectivity index (χ4v) is 4.30. The maximum atomic E-state index is 4.77. The van der Waals surface area contributed by atoms with E-state index < -0.39 is 0 Å². The number of fused-ring (bicyclic) bond motifs is 1. The summed E-state index contributed by atoms with van der Waals surface area (Å²) in [4.78, 5) is 7.31. The summed E-state index contributed by atoms with van der Waals surface area (Å²) in [5.41, 5.74) is 2.62. The number of benzene rings is 1. The zero-order chi connectivity index (χ0) is 20.6. The fraction of sp³-hybridized carbons (Fsp3) is 0.609. The molecule has 0 bridgehead atoms. The van der Waals surface area contributed by atoms with Gasteiger partial charge < -0.3 is 15.2 Å². The highest BCUT2D eigenvalue weighted by Gasteiger charge is 2.15. The quantitative estimate of drug-likeness (QED) is 0.544. The normalized spacial score (nSPS) is 17.6. The summed E-state index contributed by atoms with van der Waals surface area (Å²) >= 11 is 0. The van der Waals surface area contributed by atoms with Gasteiger partial charge in [0.25, 0.3) is 0 Å². The van der Waals surface area contributed by atoms with E-state index in [1.807, 2.05) is 0 Å². The number of aliphatic imine (C=N–C) groups is 1. The van der Waals surface area contributed by atoms with Gasteiger partial charge in [-0.25, -0.2) is 4.99 Å². The molecule has 0 amide bonds. The van der Waals surface area contributed by atoms with Crippen molar-refractivity contribution in [1.82, 2.24) is 30.3 Å². The number of hydrogen-bond acceptors (Lipinski definition) is 4. The molecule has 162 valence electrons. The van der Waals surface area contributed by atoms with Crippen molar-refractivity contribution in [3.8, 4) is 0 Å². The molecule has 2 aliphatic heterocycles. The van der Waals surface area contributed by atoms with Gasteiger partial charge in [0.2, 0.25) is 0 Å². The molecule has 2 N–H and O–H groups in total. The van der Waals surface area contributed by atoms with E-state index in [2.05, 4.69) is 61.5 Å². The Labute approximate surface area is 180 Å². The van der Waals surface area contributed by atoms with Crippen LogP contribution >= 0.6 is 0 Å². The highest BCUT2D eigenvalue weighted by molar-refractivity contribution is 5.79. The largest absolute Gasteiger partial charge is 0.357 e. The van der Waals surface area contributed by atoms with Crippen LogP contribution in [0.2, 0.25) is 0 Å². The molecule has 30 heavy (non-hydrogen) atoms. The number of likely N-dealkylation sites (tertiary alicyclic amines) is 1. The van der Waals surface area contributed by atoms with Gasteiger partial charge in [0, 0.05) is 26.1 Å². The number of nitrogens with one attached hydrogen (secondary N) is 2. The summed E-state index contributed by atoms with van der Waals surface area (Å²) in [6.07, 6.45) is 7.41. The first-order chi connectivity index (χ1) is 14.8. The number of nitrogens with zero attached hydrogens (tertiary/aromatic N) is 5. The van der Waals surface area contributed by atoms with Gasteiger partial charge in [0.15, 0.2) is 11.8 Å². The van der Waals surface area contributed by atoms with Crippen molar-refractivity contribution in [1.29, 1.82) is 0 Å². The molecule has 1 aromatic carbocycles. The van der Waals surface area contributed by atoms with Crippen molar-refractivity contribution in [3.05, 3.63) is 47.0 Å². The predicted molar refractivity (Wildman–Crippen MR) is 120 cm³/mol. The Kier molecular flexibility index (Phi) is 7.34. The lowest BCUT2D eigenvalue weighted by atomic mass is 10.1. The zero-order valence-corrected chi connectivity index (χ0v) is 18.2. The van der Waals surface area contributed by atoms with Crippen LogP contribution in [0.3, 0.4) is 0 Å². The third kappa shape index (κ3) is 5.59. The van der Waals surface area contributed by atoms with Gasteiger partial charge in [-0.3, -0.25) is 4.90 Å². The first kappa shape index (κ1) is 20.8. The molecule has 3 heterocycles. The molecule has 7 heteroatoms. The van der Waals surface area contributed by atoms with Gasteiger partial charge in [-0.2, -0.15) is 0 Å². The van der Waals surface area contributed by atoms with Crippen LogP contribution in [-0.2, 0) is 32.6 Å². The lowest BCUT2D eigenvalue weighted by Gasteiger charge is -2.14. The number of aryl methyl sites for hydroxylation is 1. The van der Waals surface area contributed by atoms with Gasteiger partial charge in [0.05, 0.1) is 13.1 Å². The minimum atomic E-state index is 0.646. The van der Waals surface area contributed by atoms with Gasteiger partial charge >= 0.3 is 0 Å². The molecule has 0 spiro atoms. The van der Waals surface area contributed by atoms with Crippen LogP contribution in [0.25, 0.3) is 0 Å². The molecule has 0 saturated carbocycles. The van der Waals surface area contributed by atoms with Crippen LogP contribution in [0.5, 0.6) is 0 Å². The monoisotopic (exact) mass is 409 g/mol. The smallest absolute Gasteiger partial charge is 0.191 e. The van der Waals surface area contributed by atoms with E-state index in [0.717, 1.165) is 43.7 Å². The third-order valence-corrected chi connectivity index (χ3v) is 5.99. The Bertz CT molecular complexity index is 819. The second-order valence-corrected chi connectivity index (χ2v) is 8.34. The molecular formula is C23H35N7. The summed E-state index contributed by atoms with van der Waals surface area (Å²) in [5.74, 6) is 2.95. The van der Waals surface area contributed by atoms with Crippen LogP contribution in [0, 0.1) is 0 Å². The van der Waals surface area contributed by atoms with E-state index in [1.54, 1.807) is 0 Å². The Balaban J connectivity index is 1.33. The van der Waals surface area contributed by atoms with Gasteiger partial charge in [0.1, 0.15) is 5.82 Å². The van der Waals surface area contributed by atoms with Crippen LogP contribution in [0.15, 0.2) is 29.3 Å². The van der Waals surface area contributed by atoms with Crippen molar-refractivity contribution in [2.75, 3.05) is 19.6 Å². The second kappa shape index (κ2) is 10.6. The fourth-order valence-electron chi connectivity index (χ4n) is 4.30. The maximum absolute atomic E-state index is 4.77. The van der Waals surface area contributed by atoms with Gasteiger partial charge in [-0.1, -0.05) is 30.7 Å². The van der Waals surface area contributed by atoms with Crippen molar-refractivity contribution in [2.45, 2.75) is 71.6 Å². The Hall–Kier alpha value is -2.41. The van der Waals surface area contributed by atoms with E-state index in [4.69, 9.17) is 4.99 Å². The molecule has 4 rings (SSSR count). The van der Waals surface area contributed by atoms with Crippen LogP contribution in [0.4, 0.5) is 0 Å². The van der Waals surface area contributed by atoms with E-state index in [-0.39, 0.29) is 0 Å². The van der Waals surface area contributed by atoms with E-state index in [9.17, 15) is 0 Å². The lowest BCUT2D eigenvalue weighted by molar-refractivity contribution is 0.331. The molecular weight excluding hydrogens is 374 g/mol. The summed E-state index contributed by atoms with van der Waals surface area (Å²) < 4.78 is 2.28. The topological polar surface area (TPSA) is 70.4 Å². The summed E-state index contributed by atoms with van der Waals surface area (Å²) in [6.45, 7) is 8.79. The highest BCUT2D eigenvalue weighted by Crippen LogP contribution is 2.15. The first-order valence-corrected chi connectivity index (χ1v) is 11.5. The molecule has 2 aliphatic rings. The molecule has 1 aromatic heterocycles. The SMILES string of the molecule is CCNC(=NCc1ccc(CN2CCCC2)cc1)NCc1nnc2n1CCCCC2. The van der Waals surface area contributed by atoms with E-state index in [0.29, 0.717) is 13.1 Å². The minimum Gasteiger partial charge on any atom is -0.357 e. The summed E-state index contributed by atoms with van der Waals surface area (Å²) in [6, 6.07) is 8.90. The molecule has 2 aromatic rings. The van der Waals surface area contributed by atoms with Crippen LogP contribution in [-0.4, -0.2) is 45.3 Å². The van der Waals surface area contributed by atoms with Crippen LogP contribution in [0.1, 0.15) is 61.8 Å². The van der Waals surface area contributed by atoms with Crippen LogP contribution < -0.4 is 10.6 Å². The Morgan fingerprint density at radius 3 is 2.50 bits per heavy atom. The predicted octanol–water partition coefficient (Wildman–Crippen LogP) is 2.86. The van der Waals surface area contributed by atoms with Crippen molar-refractivity contribution >= 4 is 5.96 Å². The average Bonchev–Trinajstić information content (AvgIpc) is 3.35. The summed E-state index contributed by atoms with van der Waals surface area (Å²) in [5, 5.41) is 15.6. The maximum Gasteiger partial charge on any atom is 0.191 e. The third-order valence-electron chi connectivity index (χ3n) is 5.99. The standard InChI is InChI=1S/C23H35N7/c1-2-24-23(26-17-22-28-27-21-8-4-3-5-15-30(21)22)25-16-19-9-11-20(12-10-19)18-29-13-6-7-14-29/h9-12H,2-8,13-18H2,1H3,(H2,24,25,26). The van der Waals surface area contributed by atoms with Crippen molar-refractivity contribution < 1.29 is 0 Å². The Morgan fingerprint density at radius 1 is 0.933 bits per heavy atom. The molecule has 0 radical (unpaired) electrons. The molecule has 1 saturated heterocycles. The Morgan fingerprint density at radius 2 is 1.70 bits per heavy atom. The molecule has 0 aliphatic carbocycles. The molecule has 0 atom stereocenters. The molecule has 1 fully saturated rings. The number of rotatable bonds is 7. The molecule has 0 unspecified atom stereocenters. The van der Waals surface area contributed by atoms with E-state index in [1.165, 1.54) is 56.3 Å². The highest BCUT2D eigenvalue weighted by atomic mass is 15.3. The van der Waals surface area contributed by atoms with Crippen molar-refractivity contribution in [3.63, 3.8) is 0 Å². The van der Waals surface area contributed by atoms with E-state index >= 15 is 0 Å². The van der Waals surface area contributed by atoms with Gasteiger partial charge in [-0.15, -0.1) is 10.2 Å². The van der Waals surface area contributed by atoms with Crippen molar-refractivity contribution in [2.24, 2.45) is 4.99 Å². The minimum absolute atomic E-state index is 0.646. The second-order valence-electron chi connectivity index (χ2n) is 8.34. The lowest BCUT2D eigenvalue weighted by Crippen LogP contribution is -2.37.